The lowest BCUT2D eigenvalue weighted by atomic mass is 10.2. The lowest BCUT2D eigenvalue weighted by molar-refractivity contribution is 0.271. The second kappa shape index (κ2) is 6.20. The maximum atomic E-state index is 9.34. The Bertz CT molecular complexity index is 723. The molecule has 1 aromatic carbocycles. The van der Waals surface area contributed by atoms with E-state index in [1.165, 1.54) is 10.4 Å². The highest BCUT2D eigenvalue weighted by Crippen LogP contribution is 2.34. The Hall–Kier alpha value is -1.98. The number of benzene rings is 1. The number of fused-ring (bicyclic) bond motifs is 1. The lowest BCUT2D eigenvalue weighted by Crippen LogP contribution is -2.23. The van der Waals surface area contributed by atoms with Gasteiger partial charge in [0.15, 0.2) is 0 Å². The number of nitrogens with zero attached hydrogens (tertiary/aromatic N) is 2. The first kappa shape index (κ1) is 14.0. The van der Waals surface area contributed by atoms with E-state index in [0.29, 0.717) is 0 Å². The van der Waals surface area contributed by atoms with Crippen LogP contribution in [-0.2, 0) is 0 Å². The number of aliphatic hydroxyl groups is 1. The molecule has 0 fully saturated rings. The summed E-state index contributed by atoms with van der Waals surface area (Å²) in [7, 11) is 0. The van der Waals surface area contributed by atoms with Crippen LogP contribution in [0.5, 0.6) is 0 Å². The molecular weight excluding hydrogens is 282 g/mol. The zero-order valence-corrected chi connectivity index (χ0v) is 12.6. The summed E-state index contributed by atoms with van der Waals surface area (Å²) in [5.74, 6) is 0.791. The van der Waals surface area contributed by atoms with Gasteiger partial charge in [0.05, 0.1) is 18.0 Å². The van der Waals surface area contributed by atoms with E-state index >= 15 is 0 Å². The molecular formula is C16H17N3OS. The smallest absolute Gasteiger partial charge is 0.138 e. The largest absolute Gasteiger partial charge is 0.394 e. The average Bonchev–Trinajstić information content (AvgIpc) is 2.98. The fourth-order valence-corrected chi connectivity index (χ4v) is 3.19. The minimum Gasteiger partial charge on any atom is -0.394 e. The molecule has 0 aliphatic rings. The van der Waals surface area contributed by atoms with Crippen LogP contribution in [0.4, 0.5) is 5.82 Å². The second-order valence-corrected chi connectivity index (χ2v) is 5.88. The Kier molecular flexibility index (Phi) is 4.13. The molecule has 0 bridgehead atoms. The van der Waals surface area contributed by atoms with Crippen molar-refractivity contribution in [3.8, 4) is 10.4 Å². The van der Waals surface area contributed by atoms with Crippen LogP contribution in [0.1, 0.15) is 13.3 Å². The quantitative estimate of drug-likeness (QED) is 0.756. The van der Waals surface area contributed by atoms with Gasteiger partial charge >= 0.3 is 0 Å². The molecule has 0 aliphatic heterocycles. The molecule has 0 amide bonds. The SMILES string of the molecule is CC[C@H](CO)Nc1ncnc2sc(-c3ccccc3)cc12. The molecule has 0 spiro atoms. The molecule has 0 radical (unpaired) electrons. The van der Waals surface area contributed by atoms with Gasteiger partial charge in [0.2, 0.25) is 0 Å². The third kappa shape index (κ3) is 2.89. The topological polar surface area (TPSA) is 58.0 Å². The number of aromatic nitrogens is 2. The van der Waals surface area contributed by atoms with Crippen molar-refractivity contribution in [3.63, 3.8) is 0 Å². The van der Waals surface area contributed by atoms with Crippen molar-refractivity contribution in [2.24, 2.45) is 0 Å². The predicted molar refractivity (Wildman–Crippen MR) is 87.6 cm³/mol. The molecule has 0 saturated heterocycles. The number of anilines is 1. The molecule has 5 heteroatoms. The highest BCUT2D eigenvalue weighted by Gasteiger charge is 2.12. The number of hydrogen-bond donors (Lipinski definition) is 2. The fraction of sp³-hybridized carbons (Fsp3) is 0.250. The number of aliphatic hydroxyl groups excluding tert-OH is 1. The van der Waals surface area contributed by atoms with E-state index in [1.807, 2.05) is 25.1 Å². The van der Waals surface area contributed by atoms with E-state index in [0.717, 1.165) is 22.5 Å². The van der Waals surface area contributed by atoms with E-state index in [9.17, 15) is 5.11 Å². The Labute approximate surface area is 127 Å². The molecule has 0 saturated carbocycles. The van der Waals surface area contributed by atoms with E-state index in [1.54, 1.807) is 17.7 Å². The van der Waals surface area contributed by atoms with E-state index < -0.39 is 0 Å². The monoisotopic (exact) mass is 299 g/mol. The average molecular weight is 299 g/mol. The Morgan fingerprint density at radius 1 is 1.24 bits per heavy atom. The fourth-order valence-electron chi connectivity index (χ4n) is 2.19. The van der Waals surface area contributed by atoms with Gasteiger partial charge in [0.1, 0.15) is 17.0 Å². The first-order valence-electron chi connectivity index (χ1n) is 6.99. The van der Waals surface area contributed by atoms with E-state index in [4.69, 9.17) is 0 Å². The van der Waals surface area contributed by atoms with Crippen molar-refractivity contribution < 1.29 is 5.11 Å². The summed E-state index contributed by atoms with van der Waals surface area (Å²) in [6, 6.07) is 12.4. The molecule has 3 rings (SSSR count). The van der Waals surface area contributed by atoms with Crippen molar-refractivity contribution in [1.29, 1.82) is 0 Å². The molecule has 1 atom stereocenters. The van der Waals surface area contributed by atoms with Crippen molar-refractivity contribution in [1.82, 2.24) is 9.97 Å². The van der Waals surface area contributed by atoms with Crippen molar-refractivity contribution in [3.05, 3.63) is 42.7 Å². The Morgan fingerprint density at radius 2 is 2.05 bits per heavy atom. The summed E-state index contributed by atoms with van der Waals surface area (Å²) in [5.41, 5.74) is 1.18. The number of thiophene rings is 1. The van der Waals surface area contributed by atoms with E-state index in [2.05, 4.69) is 33.5 Å². The maximum Gasteiger partial charge on any atom is 0.138 e. The van der Waals surface area contributed by atoms with Gasteiger partial charge in [-0.2, -0.15) is 0 Å². The van der Waals surface area contributed by atoms with Crippen LogP contribution in [0.2, 0.25) is 0 Å². The lowest BCUT2D eigenvalue weighted by Gasteiger charge is -2.14. The van der Waals surface area contributed by atoms with Crippen LogP contribution in [0, 0.1) is 0 Å². The number of hydrogen-bond acceptors (Lipinski definition) is 5. The predicted octanol–water partition coefficient (Wildman–Crippen LogP) is 3.54. The van der Waals surface area contributed by atoms with Gasteiger partial charge in [0, 0.05) is 4.88 Å². The van der Waals surface area contributed by atoms with Gasteiger partial charge in [-0.1, -0.05) is 37.3 Å². The third-order valence-electron chi connectivity index (χ3n) is 3.44. The van der Waals surface area contributed by atoms with Gasteiger partial charge in [0.25, 0.3) is 0 Å². The van der Waals surface area contributed by atoms with Gasteiger partial charge in [-0.3, -0.25) is 0 Å². The van der Waals surface area contributed by atoms with Crippen LogP contribution in [0.3, 0.4) is 0 Å². The minimum absolute atomic E-state index is 0.0168. The first-order valence-corrected chi connectivity index (χ1v) is 7.80. The summed E-state index contributed by atoms with van der Waals surface area (Å²) in [4.78, 5) is 10.8. The Morgan fingerprint density at radius 3 is 2.76 bits per heavy atom. The van der Waals surface area contributed by atoms with Crippen LogP contribution in [0.25, 0.3) is 20.7 Å². The van der Waals surface area contributed by atoms with Gasteiger partial charge < -0.3 is 10.4 Å². The minimum atomic E-state index is 0.0168. The van der Waals surface area contributed by atoms with Gasteiger partial charge in [-0.05, 0) is 18.1 Å². The third-order valence-corrected chi connectivity index (χ3v) is 4.53. The van der Waals surface area contributed by atoms with Crippen molar-refractivity contribution in [2.75, 3.05) is 11.9 Å². The maximum absolute atomic E-state index is 9.34. The summed E-state index contributed by atoms with van der Waals surface area (Å²) >= 11 is 1.65. The van der Waals surface area contributed by atoms with Crippen molar-refractivity contribution in [2.45, 2.75) is 19.4 Å². The van der Waals surface area contributed by atoms with Crippen molar-refractivity contribution >= 4 is 27.4 Å². The highest BCUT2D eigenvalue weighted by molar-refractivity contribution is 7.21. The molecule has 0 aliphatic carbocycles. The van der Waals surface area contributed by atoms with E-state index in [-0.39, 0.29) is 12.6 Å². The van der Waals surface area contributed by atoms with Gasteiger partial charge in [-0.15, -0.1) is 11.3 Å². The summed E-state index contributed by atoms with van der Waals surface area (Å²) in [6.45, 7) is 2.13. The number of nitrogens with one attached hydrogen (secondary N) is 1. The number of rotatable bonds is 5. The molecule has 2 aromatic heterocycles. The second-order valence-electron chi connectivity index (χ2n) is 4.85. The van der Waals surface area contributed by atoms with Crippen LogP contribution < -0.4 is 5.32 Å². The van der Waals surface area contributed by atoms with Gasteiger partial charge in [-0.25, -0.2) is 9.97 Å². The zero-order valence-electron chi connectivity index (χ0n) is 11.8. The molecule has 21 heavy (non-hydrogen) atoms. The van der Waals surface area contributed by atoms with Crippen LogP contribution in [0.15, 0.2) is 42.7 Å². The Balaban J connectivity index is 2.01. The zero-order chi connectivity index (χ0) is 14.7. The van der Waals surface area contributed by atoms with Crippen LogP contribution >= 0.6 is 11.3 Å². The molecule has 2 N–H and O–H groups in total. The summed E-state index contributed by atoms with van der Waals surface area (Å²) < 4.78 is 0. The van der Waals surface area contributed by atoms with Crippen LogP contribution in [-0.4, -0.2) is 27.7 Å². The standard InChI is InChI=1S/C16H17N3OS/c1-2-12(9-20)19-15-13-8-14(11-6-4-3-5-7-11)21-16(13)18-10-17-15/h3-8,10,12,20H,2,9H2,1H3,(H,17,18,19)/t12-/m1/s1. The molecule has 0 unspecified atom stereocenters. The normalized spacial score (nSPS) is 12.5. The summed E-state index contributed by atoms with van der Waals surface area (Å²) in [6.07, 6.45) is 2.41. The molecule has 108 valence electrons. The highest BCUT2D eigenvalue weighted by atomic mass is 32.1. The molecule has 2 heterocycles. The molecule has 4 nitrogen and oxygen atoms in total. The first-order chi connectivity index (χ1) is 10.3. The summed E-state index contributed by atoms with van der Waals surface area (Å²) in [5, 5.41) is 13.6. The molecule has 3 aromatic rings.